The Balaban J connectivity index is 1.63. The number of nitrogen functional groups attached to an aromatic ring is 1. The standard InChI is InChI=1S/C23H27N3O/c1-16(2)14-26-13-12-17(15-26)27-22-11-10-19(18-6-3-4-7-20(18)22)21-8-5-9-23(24)25-21/h3-11,16-17H,12-15H2,1-2H3,(H2,24,25). The van der Waals surface area contributed by atoms with E-state index in [-0.39, 0.29) is 6.10 Å². The number of rotatable bonds is 5. The molecule has 0 spiro atoms. The highest BCUT2D eigenvalue weighted by Gasteiger charge is 2.25. The van der Waals surface area contributed by atoms with E-state index >= 15 is 0 Å². The van der Waals surface area contributed by atoms with E-state index < -0.39 is 0 Å². The van der Waals surface area contributed by atoms with Gasteiger partial charge in [-0.2, -0.15) is 0 Å². The van der Waals surface area contributed by atoms with E-state index in [1.54, 1.807) is 0 Å². The van der Waals surface area contributed by atoms with Crippen LogP contribution in [0, 0.1) is 5.92 Å². The number of fused-ring (bicyclic) bond motifs is 1. The van der Waals surface area contributed by atoms with Crippen molar-refractivity contribution in [3.8, 4) is 17.0 Å². The summed E-state index contributed by atoms with van der Waals surface area (Å²) in [6, 6.07) is 18.3. The molecule has 1 saturated heterocycles. The summed E-state index contributed by atoms with van der Waals surface area (Å²) in [5, 5.41) is 2.27. The number of likely N-dealkylation sites (tertiary alicyclic amines) is 1. The van der Waals surface area contributed by atoms with Gasteiger partial charge in [0.1, 0.15) is 17.7 Å². The number of hydrogen-bond acceptors (Lipinski definition) is 4. The van der Waals surface area contributed by atoms with Gasteiger partial charge in [-0.15, -0.1) is 0 Å². The summed E-state index contributed by atoms with van der Waals surface area (Å²) in [6.07, 6.45) is 1.34. The molecule has 140 valence electrons. The van der Waals surface area contributed by atoms with Gasteiger partial charge in [0.05, 0.1) is 5.69 Å². The Morgan fingerprint density at radius 3 is 2.67 bits per heavy atom. The first-order chi connectivity index (χ1) is 13.1. The second kappa shape index (κ2) is 7.57. The number of hydrogen-bond donors (Lipinski definition) is 1. The minimum Gasteiger partial charge on any atom is -0.488 e. The lowest BCUT2D eigenvalue weighted by atomic mass is 10.0. The minimum absolute atomic E-state index is 0.253. The smallest absolute Gasteiger partial charge is 0.127 e. The van der Waals surface area contributed by atoms with E-state index in [2.05, 4.69) is 60.1 Å². The molecule has 27 heavy (non-hydrogen) atoms. The summed E-state index contributed by atoms with van der Waals surface area (Å²) >= 11 is 0. The Morgan fingerprint density at radius 1 is 1.07 bits per heavy atom. The van der Waals surface area contributed by atoms with Gasteiger partial charge < -0.3 is 10.5 Å². The molecule has 2 heterocycles. The molecule has 3 aromatic rings. The lowest BCUT2D eigenvalue weighted by molar-refractivity contribution is 0.197. The highest BCUT2D eigenvalue weighted by Crippen LogP contribution is 2.35. The van der Waals surface area contributed by atoms with Crippen LogP contribution in [0.2, 0.25) is 0 Å². The first kappa shape index (κ1) is 17.8. The van der Waals surface area contributed by atoms with E-state index in [4.69, 9.17) is 10.5 Å². The Morgan fingerprint density at radius 2 is 1.89 bits per heavy atom. The fourth-order valence-electron chi connectivity index (χ4n) is 3.95. The van der Waals surface area contributed by atoms with Crippen LogP contribution in [0.25, 0.3) is 22.0 Å². The van der Waals surface area contributed by atoms with Crippen LogP contribution in [-0.2, 0) is 0 Å². The lowest BCUT2D eigenvalue weighted by Crippen LogP contribution is -2.28. The molecule has 0 bridgehead atoms. The third kappa shape index (κ3) is 3.91. The monoisotopic (exact) mass is 361 g/mol. The van der Waals surface area contributed by atoms with Crippen molar-refractivity contribution in [1.29, 1.82) is 0 Å². The first-order valence-electron chi connectivity index (χ1n) is 9.74. The molecule has 1 fully saturated rings. The summed E-state index contributed by atoms with van der Waals surface area (Å²) < 4.78 is 6.43. The molecule has 2 aromatic carbocycles. The van der Waals surface area contributed by atoms with Gasteiger partial charge in [-0.3, -0.25) is 4.90 Å². The normalized spacial score (nSPS) is 17.7. The van der Waals surface area contributed by atoms with E-state index in [9.17, 15) is 0 Å². The molecule has 4 heteroatoms. The molecule has 1 unspecified atom stereocenters. The Hall–Kier alpha value is -2.59. The van der Waals surface area contributed by atoms with Gasteiger partial charge in [-0.25, -0.2) is 4.98 Å². The minimum atomic E-state index is 0.253. The van der Waals surface area contributed by atoms with Gasteiger partial charge in [-0.1, -0.05) is 44.2 Å². The van der Waals surface area contributed by atoms with Gasteiger partial charge >= 0.3 is 0 Å². The second-order valence-electron chi connectivity index (χ2n) is 7.79. The number of nitrogens with zero attached hydrogens (tertiary/aromatic N) is 2. The van der Waals surface area contributed by atoms with Gasteiger partial charge in [0.25, 0.3) is 0 Å². The van der Waals surface area contributed by atoms with Crippen LogP contribution < -0.4 is 10.5 Å². The van der Waals surface area contributed by atoms with Crippen molar-refractivity contribution < 1.29 is 4.74 Å². The third-order valence-electron chi connectivity index (χ3n) is 5.08. The molecule has 1 atom stereocenters. The maximum absolute atomic E-state index is 6.43. The number of nitrogens with two attached hydrogens (primary N) is 1. The summed E-state index contributed by atoms with van der Waals surface area (Å²) in [4.78, 5) is 7.00. The van der Waals surface area contributed by atoms with Crippen molar-refractivity contribution >= 4 is 16.6 Å². The molecule has 2 N–H and O–H groups in total. The quantitative estimate of drug-likeness (QED) is 0.722. The van der Waals surface area contributed by atoms with Crippen LogP contribution in [0.1, 0.15) is 20.3 Å². The van der Waals surface area contributed by atoms with Crippen molar-refractivity contribution in [2.24, 2.45) is 5.92 Å². The van der Waals surface area contributed by atoms with Crippen molar-refractivity contribution in [2.45, 2.75) is 26.4 Å². The molecule has 0 amide bonds. The van der Waals surface area contributed by atoms with Crippen LogP contribution in [0.4, 0.5) is 5.82 Å². The Bertz CT molecular complexity index is 938. The lowest BCUT2D eigenvalue weighted by Gasteiger charge is -2.19. The van der Waals surface area contributed by atoms with Crippen LogP contribution in [0.3, 0.4) is 0 Å². The number of aromatic nitrogens is 1. The Kier molecular flexibility index (Phi) is 4.99. The molecule has 4 nitrogen and oxygen atoms in total. The maximum Gasteiger partial charge on any atom is 0.127 e. The molecular formula is C23H27N3O. The molecular weight excluding hydrogens is 334 g/mol. The SMILES string of the molecule is CC(C)CN1CCC(Oc2ccc(-c3cccc(N)n3)c3ccccc23)C1. The van der Waals surface area contributed by atoms with E-state index in [1.807, 2.05) is 18.2 Å². The topological polar surface area (TPSA) is 51.4 Å². The number of anilines is 1. The van der Waals surface area contributed by atoms with Crippen molar-refractivity contribution in [3.05, 3.63) is 54.6 Å². The van der Waals surface area contributed by atoms with Gasteiger partial charge in [-0.05, 0) is 42.0 Å². The number of benzene rings is 2. The summed E-state index contributed by atoms with van der Waals surface area (Å²) in [7, 11) is 0. The summed E-state index contributed by atoms with van der Waals surface area (Å²) in [5.74, 6) is 2.18. The average molecular weight is 361 g/mol. The summed E-state index contributed by atoms with van der Waals surface area (Å²) in [5.41, 5.74) is 7.86. The van der Waals surface area contributed by atoms with Crippen LogP contribution in [0.15, 0.2) is 54.6 Å². The molecule has 1 aliphatic rings. The molecule has 0 saturated carbocycles. The van der Waals surface area contributed by atoms with E-state index in [0.29, 0.717) is 11.7 Å². The first-order valence-corrected chi connectivity index (χ1v) is 9.74. The van der Waals surface area contributed by atoms with Gasteiger partial charge in [0.15, 0.2) is 0 Å². The molecule has 1 aromatic heterocycles. The van der Waals surface area contributed by atoms with E-state index in [0.717, 1.165) is 53.8 Å². The predicted octanol–water partition coefficient (Wildman–Crippen LogP) is 4.59. The zero-order valence-corrected chi connectivity index (χ0v) is 16.1. The highest BCUT2D eigenvalue weighted by atomic mass is 16.5. The highest BCUT2D eigenvalue weighted by molar-refractivity contribution is 5.99. The van der Waals surface area contributed by atoms with Gasteiger partial charge in [0.2, 0.25) is 0 Å². The second-order valence-corrected chi connectivity index (χ2v) is 7.79. The van der Waals surface area contributed by atoms with Crippen molar-refractivity contribution in [1.82, 2.24) is 9.88 Å². The fraction of sp³-hybridized carbons (Fsp3) is 0.348. The third-order valence-corrected chi connectivity index (χ3v) is 5.08. The predicted molar refractivity (Wildman–Crippen MR) is 112 cm³/mol. The molecule has 0 radical (unpaired) electrons. The summed E-state index contributed by atoms with van der Waals surface area (Å²) in [6.45, 7) is 7.80. The van der Waals surface area contributed by atoms with Crippen molar-refractivity contribution in [3.63, 3.8) is 0 Å². The zero-order valence-electron chi connectivity index (χ0n) is 16.1. The molecule has 1 aliphatic heterocycles. The number of pyridine rings is 1. The number of ether oxygens (including phenoxy) is 1. The maximum atomic E-state index is 6.43. The van der Waals surface area contributed by atoms with Crippen LogP contribution in [-0.4, -0.2) is 35.6 Å². The van der Waals surface area contributed by atoms with E-state index in [1.165, 1.54) is 0 Å². The van der Waals surface area contributed by atoms with Crippen molar-refractivity contribution in [2.75, 3.05) is 25.4 Å². The van der Waals surface area contributed by atoms with Crippen LogP contribution in [0.5, 0.6) is 5.75 Å². The fourth-order valence-corrected chi connectivity index (χ4v) is 3.95. The van der Waals surface area contributed by atoms with Gasteiger partial charge in [0, 0.05) is 30.6 Å². The Labute approximate surface area is 161 Å². The molecule has 4 rings (SSSR count). The zero-order chi connectivity index (χ0) is 18.8. The largest absolute Gasteiger partial charge is 0.488 e. The molecule has 0 aliphatic carbocycles. The van der Waals surface area contributed by atoms with Crippen LogP contribution >= 0.6 is 0 Å². The average Bonchev–Trinajstić information content (AvgIpc) is 3.08.